The van der Waals surface area contributed by atoms with E-state index < -0.39 is 0 Å². The van der Waals surface area contributed by atoms with Gasteiger partial charge in [-0.2, -0.15) is 0 Å². The van der Waals surface area contributed by atoms with Crippen LogP contribution in [-0.4, -0.2) is 12.7 Å². The van der Waals surface area contributed by atoms with Crippen LogP contribution in [0.2, 0.25) is 0 Å². The predicted octanol–water partition coefficient (Wildman–Crippen LogP) is 3.86. The van der Waals surface area contributed by atoms with Gasteiger partial charge in [0.25, 0.3) is 5.91 Å². The lowest BCUT2D eigenvalue weighted by Crippen LogP contribution is -2.11. The number of nitrogens with one attached hydrogen (secondary N) is 1. The number of aryl methyl sites for hydroxylation is 1. The lowest BCUT2D eigenvalue weighted by molar-refractivity contribution is 0.103. The molecule has 7 heteroatoms. The highest BCUT2D eigenvalue weighted by molar-refractivity contribution is 7.14. The Hall–Kier alpha value is -1.92. The zero-order valence-corrected chi connectivity index (χ0v) is 14.9. The Labute approximate surface area is 150 Å². The minimum absolute atomic E-state index is 0. The first kappa shape index (κ1) is 16.9. The van der Waals surface area contributed by atoms with Gasteiger partial charge in [-0.3, -0.25) is 4.79 Å². The van der Waals surface area contributed by atoms with E-state index in [1.807, 2.05) is 6.07 Å². The van der Waals surface area contributed by atoms with Crippen molar-refractivity contribution in [1.82, 2.24) is 0 Å². The van der Waals surface area contributed by atoms with Crippen LogP contribution in [0.4, 0.5) is 11.4 Å². The molecule has 4 rings (SSSR count). The molecule has 2 heterocycles. The van der Waals surface area contributed by atoms with E-state index in [2.05, 4.69) is 12.2 Å². The van der Waals surface area contributed by atoms with Crippen molar-refractivity contribution in [3.8, 4) is 11.5 Å². The standard InChI is InChI=1S/C17H18N2O3S.ClH/c1-9-2-3-15-10(4-9)5-16(23-15)17(20)19-12-7-14-13(6-11(12)18)21-8-22-14;/h5-7,9H,2-4,8,18H2,1H3,(H,19,20);1H. The van der Waals surface area contributed by atoms with Crippen LogP contribution in [0.25, 0.3) is 0 Å². The van der Waals surface area contributed by atoms with Crippen molar-refractivity contribution in [2.45, 2.75) is 26.2 Å². The molecule has 0 bridgehead atoms. The summed E-state index contributed by atoms with van der Waals surface area (Å²) in [6.45, 7) is 2.44. The number of halogens is 1. The van der Waals surface area contributed by atoms with Gasteiger partial charge in [0, 0.05) is 17.0 Å². The van der Waals surface area contributed by atoms with Gasteiger partial charge in [0.2, 0.25) is 6.79 Å². The number of fused-ring (bicyclic) bond motifs is 2. The van der Waals surface area contributed by atoms with Crippen molar-refractivity contribution in [3.63, 3.8) is 0 Å². The van der Waals surface area contributed by atoms with Gasteiger partial charge >= 0.3 is 0 Å². The number of ether oxygens (including phenoxy) is 2. The highest BCUT2D eigenvalue weighted by Crippen LogP contribution is 2.39. The topological polar surface area (TPSA) is 73.6 Å². The minimum Gasteiger partial charge on any atom is -0.454 e. The average Bonchev–Trinajstić information content (AvgIpc) is 3.13. The largest absolute Gasteiger partial charge is 0.454 e. The summed E-state index contributed by atoms with van der Waals surface area (Å²) in [7, 11) is 0. The second kappa shape index (κ2) is 6.53. The average molecular weight is 367 g/mol. The van der Waals surface area contributed by atoms with E-state index >= 15 is 0 Å². The summed E-state index contributed by atoms with van der Waals surface area (Å²) in [5.41, 5.74) is 8.33. The number of carbonyl (C=O) groups excluding carboxylic acids is 1. The number of thiophene rings is 1. The second-order valence-corrected chi connectivity index (χ2v) is 7.29. The Kier molecular flexibility index (Phi) is 4.60. The van der Waals surface area contributed by atoms with E-state index in [9.17, 15) is 4.79 Å². The quantitative estimate of drug-likeness (QED) is 0.791. The van der Waals surface area contributed by atoms with Gasteiger partial charge in [0.05, 0.1) is 16.3 Å². The number of benzene rings is 1. The van der Waals surface area contributed by atoms with E-state index in [4.69, 9.17) is 15.2 Å². The summed E-state index contributed by atoms with van der Waals surface area (Å²) < 4.78 is 10.6. The number of carbonyl (C=O) groups is 1. The number of rotatable bonds is 2. The molecule has 0 saturated carbocycles. The smallest absolute Gasteiger partial charge is 0.265 e. The normalized spacial score (nSPS) is 17.8. The molecule has 2 aromatic rings. The van der Waals surface area contributed by atoms with Crippen LogP contribution in [0.3, 0.4) is 0 Å². The zero-order chi connectivity index (χ0) is 16.0. The molecule has 1 unspecified atom stereocenters. The van der Waals surface area contributed by atoms with Gasteiger partial charge in [-0.1, -0.05) is 6.92 Å². The molecule has 1 aliphatic carbocycles. The van der Waals surface area contributed by atoms with Crippen LogP contribution in [0.1, 0.15) is 33.5 Å². The molecule has 1 aromatic heterocycles. The third kappa shape index (κ3) is 3.03. The number of anilines is 2. The number of nitrogens with two attached hydrogens (primary N) is 1. The number of hydrogen-bond acceptors (Lipinski definition) is 5. The summed E-state index contributed by atoms with van der Waals surface area (Å²) in [4.78, 5) is 14.6. The third-order valence-electron chi connectivity index (χ3n) is 4.35. The van der Waals surface area contributed by atoms with E-state index in [0.29, 0.717) is 28.8 Å². The lowest BCUT2D eigenvalue weighted by Gasteiger charge is -2.16. The van der Waals surface area contributed by atoms with Gasteiger partial charge in [0.1, 0.15) is 0 Å². The second-order valence-electron chi connectivity index (χ2n) is 6.15. The Morgan fingerprint density at radius 2 is 2.04 bits per heavy atom. The van der Waals surface area contributed by atoms with Crippen molar-refractivity contribution in [1.29, 1.82) is 0 Å². The molecular weight excluding hydrogens is 348 g/mol. The first-order valence-corrected chi connectivity index (χ1v) is 8.54. The van der Waals surface area contributed by atoms with Crippen molar-refractivity contribution in [3.05, 3.63) is 33.5 Å². The fourth-order valence-corrected chi connectivity index (χ4v) is 4.17. The molecule has 5 nitrogen and oxygen atoms in total. The van der Waals surface area contributed by atoms with Gasteiger partial charge in [-0.25, -0.2) is 0 Å². The van der Waals surface area contributed by atoms with Crippen molar-refractivity contribution >= 4 is 41.0 Å². The molecule has 1 aromatic carbocycles. The molecular formula is C17H19ClN2O3S. The molecule has 1 amide bonds. The van der Waals surface area contributed by atoms with E-state index in [1.54, 1.807) is 23.5 Å². The van der Waals surface area contributed by atoms with Crippen molar-refractivity contribution in [2.24, 2.45) is 5.92 Å². The highest BCUT2D eigenvalue weighted by Gasteiger charge is 2.22. The molecule has 1 aliphatic heterocycles. The fourth-order valence-electron chi connectivity index (χ4n) is 3.07. The molecule has 3 N–H and O–H groups in total. The molecule has 24 heavy (non-hydrogen) atoms. The summed E-state index contributed by atoms with van der Waals surface area (Å²) >= 11 is 1.59. The molecule has 1 atom stereocenters. The predicted molar refractivity (Wildman–Crippen MR) is 97.7 cm³/mol. The molecule has 128 valence electrons. The van der Waals surface area contributed by atoms with Gasteiger partial charge in [-0.15, -0.1) is 23.7 Å². The zero-order valence-electron chi connectivity index (χ0n) is 13.3. The first-order chi connectivity index (χ1) is 11.1. The van der Waals surface area contributed by atoms with Crippen molar-refractivity contribution in [2.75, 3.05) is 17.8 Å². The summed E-state index contributed by atoms with van der Waals surface area (Å²) in [6, 6.07) is 5.42. The Morgan fingerprint density at radius 3 is 2.83 bits per heavy atom. The number of amides is 1. The van der Waals surface area contributed by atoms with Crippen LogP contribution >= 0.6 is 23.7 Å². The highest BCUT2D eigenvalue weighted by atomic mass is 35.5. The Balaban J connectivity index is 0.00000169. The Morgan fingerprint density at radius 1 is 1.29 bits per heavy atom. The number of nitrogen functional groups attached to an aromatic ring is 1. The van der Waals surface area contributed by atoms with Gasteiger partial charge in [0.15, 0.2) is 11.5 Å². The van der Waals surface area contributed by atoms with E-state index in [1.165, 1.54) is 16.9 Å². The van der Waals surface area contributed by atoms with Crippen LogP contribution in [0.5, 0.6) is 11.5 Å². The maximum atomic E-state index is 12.5. The van der Waals surface area contributed by atoms with Gasteiger partial charge in [-0.05, 0) is 36.8 Å². The third-order valence-corrected chi connectivity index (χ3v) is 5.58. The summed E-state index contributed by atoms with van der Waals surface area (Å²) in [5.74, 6) is 1.79. The van der Waals surface area contributed by atoms with Crippen molar-refractivity contribution < 1.29 is 14.3 Å². The maximum Gasteiger partial charge on any atom is 0.265 e. The van der Waals surface area contributed by atoms with E-state index in [-0.39, 0.29) is 25.1 Å². The molecule has 0 saturated heterocycles. The maximum absolute atomic E-state index is 12.5. The van der Waals surface area contributed by atoms with Crippen LogP contribution in [-0.2, 0) is 12.8 Å². The lowest BCUT2D eigenvalue weighted by atomic mass is 9.90. The van der Waals surface area contributed by atoms with Gasteiger partial charge < -0.3 is 20.5 Å². The molecule has 2 aliphatic rings. The van der Waals surface area contributed by atoms with Crippen LogP contribution < -0.4 is 20.5 Å². The SMILES string of the molecule is CC1CCc2sc(C(=O)Nc3cc4c(cc3N)OCO4)cc2C1.Cl. The number of hydrogen-bond donors (Lipinski definition) is 2. The van der Waals surface area contributed by atoms with E-state index in [0.717, 1.165) is 17.7 Å². The summed E-state index contributed by atoms with van der Waals surface area (Å²) in [5, 5.41) is 2.89. The Bertz CT molecular complexity index is 790. The summed E-state index contributed by atoms with van der Waals surface area (Å²) in [6.07, 6.45) is 3.33. The minimum atomic E-state index is -0.123. The molecule has 0 fully saturated rings. The fraction of sp³-hybridized carbons (Fsp3) is 0.353. The van der Waals surface area contributed by atoms with Crippen LogP contribution in [0, 0.1) is 5.92 Å². The first-order valence-electron chi connectivity index (χ1n) is 7.72. The van der Waals surface area contributed by atoms with Crippen LogP contribution in [0.15, 0.2) is 18.2 Å². The monoisotopic (exact) mass is 366 g/mol. The molecule has 0 spiro atoms. The molecule has 0 radical (unpaired) electrons.